The van der Waals surface area contributed by atoms with E-state index in [9.17, 15) is 14.4 Å². The monoisotopic (exact) mass is 340 g/mol. The van der Waals surface area contributed by atoms with Gasteiger partial charge in [0.15, 0.2) is 0 Å². The molecule has 0 saturated carbocycles. The maximum atomic E-state index is 12.4. The Morgan fingerprint density at radius 2 is 1.35 bits per heavy atom. The summed E-state index contributed by atoms with van der Waals surface area (Å²) in [6.07, 6.45) is 9.72. The molecule has 4 heteroatoms. The fraction of sp³-hybridized carbons (Fsp3) is 0.684. The maximum Gasteiger partial charge on any atom is 0.335 e. The maximum absolute atomic E-state index is 12.4. The van der Waals surface area contributed by atoms with E-state index >= 15 is 0 Å². The summed E-state index contributed by atoms with van der Waals surface area (Å²) in [6.45, 7) is 4.26. The summed E-state index contributed by atoms with van der Waals surface area (Å²) in [7, 11) is -4.22. The highest BCUT2D eigenvalue weighted by atomic mass is 31.2. The normalized spacial score (nSPS) is 14.6. The number of hydrogen-bond donors (Lipinski definition) is 2. The van der Waals surface area contributed by atoms with Gasteiger partial charge in [-0.1, -0.05) is 95.5 Å². The largest absolute Gasteiger partial charge is 0.335 e. The minimum atomic E-state index is -4.22. The van der Waals surface area contributed by atoms with Crippen molar-refractivity contribution in [3.8, 4) is 0 Å². The molecule has 1 rings (SSSR count). The average molecular weight is 340 g/mol. The van der Waals surface area contributed by atoms with Crippen molar-refractivity contribution < 1.29 is 14.4 Å². The second-order valence-corrected chi connectivity index (χ2v) is 8.51. The lowest BCUT2D eigenvalue weighted by molar-refractivity contribution is 0.299. The second kappa shape index (κ2) is 10.3. The van der Waals surface area contributed by atoms with Gasteiger partial charge in [-0.15, -0.1) is 0 Å². The Morgan fingerprint density at radius 1 is 0.826 bits per heavy atom. The van der Waals surface area contributed by atoms with Crippen LogP contribution in [-0.2, 0) is 9.72 Å². The number of rotatable bonds is 12. The fourth-order valence-corrected chi connectivity index (χ4v) is 4.67. The van der Waals surface area contributed by atoms with Crippen LogP contribution in [0.3, 0.4) is 0 Å². The van der Waals surface area contributed by atoms with Crippen molar-refractivity contribution in [2.75, 3.05) is 0 Å². The Labute approximate surface area is 141 Å². The number of benzene rings is 1. The van der Waals surface area contributed by atoms with Crippen LogP contribution < -0.4 is 0 Å². The molecule has 0 aliphatic rings. The van der Waals surface area contributed by atoms with Gasteiger partial charge in [0.25, 0.3) is 0 Å². The fourth-order valence-electron chi connectivity index (χ4n) is 3.29. The molecule has 3 nitrogen and oxygen atoms in total. The van der Waals surface area contributed by atoms with Gasteiger partial charge in [-0.25, -0.2) is 0 Å². The molecule has 0 fully saturated rings. The highest BCUT2D eigenvalue weighted by Crippen LogP contribution is 2.62. The Morgan fingerprint density at radius 3 is 1.91 bits per heavy atom. The lowest BCUT2D eigenvalue weighted by atomic mass is 9.87. The van der Waals surface area contributed by atoms with E-state index in [0.29, 0.717) is 12.8 Å². The summed E-state index contributed by atoms with van der Waals surface area (Å²) in [6, 6.07) is 9.43. The molecule has 0 bridgehead atoms. The molecule has 0 heterocycles. The molecule has 0 amide bonds. The summed E-state index contributed by atoms with van der Waals surface area (Å²) in [5.41, 5.74) is 0.801. The van der Waals surface area contributed by atoms with Gasteiger partial charge in [0.05, 0.1) is 5.16 Å². The van der Waals surface area contributed by atoms with E-state index < -0.39 is 12.8 Å². The van der Waals surface area contributed by atoms with Crippen LogP contribution >= 0.6 is 7.60 Å². The minimum absolute atomic E-state index is 0.562. The first-order valence-corrected chi connectivity index (χ1v) is 10.7. The molecule has 1 aromatic rings. The highest BCUT2D eigenvalue weighted by Gasteiger charge is 2.46. The lowest BCUT2D eigenvalue weighted by Gasteiger charge is -2.35. The van der Waals surface area contributed by atoms with Gasteiger partial charge >= 0.3 is 7.60 Å². The molecular formula is C19H33O3P. The van der Waals surface area contributed by atoms with Crippen LogP contribution in [0.4, 0.5) is 0 Å². The molecular weight excluding hydrogens is 307 g/mol. The van der Waals surface area contributed by atoms with Crippen molar-refractivity contribution in [1.82, 2.24) is 0 Å². The van der Waals surface area contributed by atoms with E-state index in [1.165, 1.54) is 19.3 Å². The third kappa shape index (κ3) is 6.06. The van der Waals surface area contributed by atoms with Crippen LogP contribution in [0.2, 0.25) is 0 Å². The zero-order chi connectivity index (χ0) is 17.2. The van der Waals surface area contributed by atoms with Crippen molar-refractivity contribution in [3.05, 3.63) is 35.9 Å². The molecule has 0 aliphatic heterocycles. The van der Waals surface area contributed by atoms with E-state index in [4.69, 9.17) is 0 Å². The molecule has 1 aromatic carbocycles. The van der Waals surface area contributed by atoms with Gasteiger partial charge in [-0.3, -0.25) is 4.57 Å². The molecule has 0 spiro atoms. The average Bonchev–Trinajstić information content (AvgIpc) is 2.53. The molecule has 0 aromatic heterocycles. The molecule has 1 unspecified atom stereocenters. The van der Waals surface area contributed by atoms with Crippen molar-refractivity contribution in [2.24, 2.45) is 0 Å². The first-order valence-electron chi connectivity index (χ1n) is 9.09. The standard InChI is InChI=1S/C19H33O3P/c1-3-5-7-8-9-13-17-19(16-6-4-2,23(20,21)22)18-14-11-10-12-15-18/h10-12,14-15H,3-9,13,16-17H2,1-2H3,(H2,20,21,22). The third-order valence-corrected chi connectivity index (χ3v) is 6.58. The summed E-state index contributed by atoms with van der Waals surface area (Å²) in [4.78, 5) is 20.3. The van der Waals surface area contributed by atoms with Gasteiger partial charge < -0.3 is 9.79 Å². The third-order valence-electron chi connectivity index (χ3n) is 4.76. The molecule has 132 valence electrons. The van der Waals surface area contributed by atoms with E-state index in [2.05, 4.69) is 13.8 Å². The van der Waals surface area contributed by atoms with Crippen molar-refractivity contribution >= 4 is 7.60 Å². The predicted octanol–water partition coefficient (Wildman–Crippen LogP) is 6.00. The van der Waals surface area contributed by atoms with Gasteiger partial charge in [0.2, 0.25) is 0 Å². The summed E-state index contributed by atoms with van der Waals surface area (Å²) < 4.78 is 12.4. The SMILES string of the molecule is CCCCCCCCC(CCCC)(c1ccccc1)P(=O)(O)O. The first kappa shape index (κ1) is 20.4. The van der Waals surface area contributed by atoms with Crippen LogP contribution in [0.5, 0.6) is 0 Å². The number of unbranched alkanes of at least 4 members (excludes halogenated alkanes) is 6. The van der Waals surface area contributed by atoms with Crippen molar-refractivity contribution in [1.29, 1.82) is 0 Å². The first-order chi connectivity index (χ1) is 11.0. The second-order valence-electron chi connectivity index (χ2n) is 6.56. The van der Waals surface area contributed by atoms with Crippen LogP contribution in [-0.4, -0.2) is 9.79 Å². The molecule has 2 N–H and O–H groups in total. The van der Waals surface area contributed by atoms with Gasteiger partial charge in [-0.2, -0.15) is 0 Å². The zero-order valence-corrected chi connectivity index (χ0v) is 15.6. The van der Waals surface area contributed by atoms with Crippen LogP contribution in [0.15, 0.2) is 30.3 Å². The summed E-state index contributed by atoms with van der Waals surface area (Å²) in [5, 5.41) is -1.00. The van der Waals surface area contributed by atoms with Gasteiger partial charge in [0, 0.05) is 0 Å². The van der Waals surface area contributed by atoms with Crippen LogP contribution in [0.25, 0.3) is 0 Å². The van der Waals surface area contributed by atoms with Gasteiger partial charge in [0.1, 0.15) is 0 Å². The van der Waals surface area contributed by atoms with E-state index in [1.54, 1.807) is 0 Å². The quantitative estimate of drug-likeness (QED) is 0.362. The van der Waals surface area contributed by atoms with Crippen LogP contribution in [0, 0.1) is 0 Å². The number of hydrogen-bond acceptors (Lipinski definition) is 1. The van der Waals surface area contributed by atoms with Crippen molar-refractivity contribution in [2.45, 2.75) is 83.2 Å². The predicted molar refractivity (Wildman–Crippen MR) is 97.7 cm³/mol. The summed E-state index contributed by atoms with van der Waals surface area (Å²) >= 11 is 0. The highest BCUT2D eigenvalue weighted by molar-refractivity contribution is 7.53. The van der Waals surface area contributed by atoms with Crippen LogP contribution in [0.1, 0.15) is 83.6 Å². The Kier molecular flexibility index (Phi) is 9.12. The molecule has 0 aliphatic carbocycles. The Balaban J connectivity index is 2.88. The Hall–Kier alpha value is -0.630. The smallest absolute Gasteiger partial charge is 0.324 e. The van der Waals surface area contributed by atoms with Gasteiger partial charge in [-0.05, 0) is 18.4 Å². The summed E-state index contributed by atoms with van der Waals surface area (Å²) in [5.74, 6) is 0. The van der Waals surface area contributed by atoms with E-state index in [-0.39, 0.29) is 0 Å². The molecule has 23 heavy (non-hydrogen) atoms. The Bertz CT molecular complexity index is 469. The van der Waals surface area contributed by atoms with E-state index in [0.717, 1.165) is 37.7 Å². The van der Waals surface area contributed by atoms with Crippen molar-refractivity contribution in [3.63, 3.8) is 0 Å². The minimum Gasteiger partial charge on any atom is -0.324 e. The van der Waals surface area contributed by atoms with E-state index in [1.807, 2.05) is 30.3 Å². The molecule has 0 saturated heterocycles. The zero-order valence-electron chi connectivity index (χ0n) is 14.7. The lowest BCUT2D eigenvalue weighted by Crippen LogP contribution is -2.26. The molecule has 0 radical (unpaired) electrons. The topological polar surface area (TPSA) is 57.5 Å². The molecule has 1 atom stereocenters.